The highest BCUT2D eigenvalue weighted by Crippen LogP contribution is 2.48. The molecular weight excluding hydrogens is 260 g/mol. The Morgan fingerprint density at radius 1 is 1.47 bits per heavy atom. The van der Waals surface area contributed by atoms with Gasteiger partial charge in [0.2, 0.25) is 5.91 Å². The summed E-state index contributed by atoms with van der Waals surface area (Å²) in [6.07, 6.45) is 2.63. The Kier molecular flexibility index (Phi) is 3.31. The molecule has 102 valence electrons. The predicted octanol–water partition coefficient (Wildman–Crippen LogP) is 2.27. The molecule has 1 aromatic carbocycles. The first-order valence-electron chi connectivity index (χ1n) is 6.66. The first-order chi connectivity index (χ1) is 9.16. The molecule has 1 fully saturated rings. The summed E-state index contributed by atoms with van der Waals surface area (Å²) < 4.78 is 0. The fraction of sp³-hybridized carbons (Fsp3) is 0.500. The van der Waals surface area contributed by atoms with E-state index < -0.39 is 0 Å². The smallest absolute Gasteiger partial charge is 0.222 e. The highest BCUT2D eigenvalue weighted by atomic mass is 32.2. The molecule has 2 aliphatic heterocycles. The van der Waals surface area contributed by atoms with Crippen molar-refractivity contribution in [2.75, 3.05) is 25.0 Å². The molecule has 1 unspecified atom stereocenters. The van der Waals surface area contributed by atoms with Gasteiger partial charge in [0.1, 0.15) is 5.75 Å². The van der Waals surface area contributed by atoms with Crippen LogP contribution in [0.4, 0.5) is 5.69 Å². The molecule has 0 radical (unpaired) electrons. The molecule has 0 spiro atoms. The second kappa shape index (κ2) is 4.96. The third-order valence-electron chi connectivity index (χ3n) is 3.86. The van der Waals surface area contributed by atoms with Gasteiger partial charge in [-0.05, 0) is 25.0 Å². The summed E-state index contributed by atoms with van der Waals surface area (Å²) in [5.41, 5.74) is 1.09. The van der Waals surface area contributed by atoms with Crippen LogP contribution in [0.3, 0.4) is 0 Å². The standard InChI is InChI=1S/C14H18N2O2S/c1-15-10-4-2-5-11(17)14(10)19-13(15)7-9-16-8-3-6-12(16)18/h2,4-5,13,17H,3,6-9H2,1H3. The first-order valence-corrected chi connectivity index (χ1v) is 7.54. The Bertz CT molecular complexity index is 506. The fourth-order valence-electron chi connectivity index (χ4n) is 2.74. The van der Waals surface area contributed by atoms with Gasteiger partial charge < -0.3 is 14.9 Å². The number of carbonyl (C=O) groups is 1. The minimum Gasteiger partial charge on any atom is -0.507 e. The van der Waals surface area contributed by atoms with Crippen LogP contribution in [0.5, 0.6) is 5.75 Å². The highest BCUT2D eigenvalue weighted by Gasteiger charge is 2.30. The summed E-state index contributed by atoms with van der Waals surface area (Å²) in [5, 5.41) is 10.2. The molecule has 3 rings (SSSR count). The summed E-state index contributed by atoms with van der Waals surface area (Å²) in [4.78, 5) is 16.7. The molecule has 2 heterocycles. The molecule has 0 aliphatic carbocycles. The van der Waals surface area contributed by atoms with E-state index in [-0.39, 0.29) is 5.91 Å². The van der Waals surface area contributed by atoms with Gasteiger partial charge in [-0.15, -0.1) is 0 Å². The van der Waals surface area contributed by atoms with E-state index in [1.54, 1.807) is 17.8 Å². The zero-order valence-electron chi connectivity index (χ0n) is 11.0. The van der Waals surface area contributed by atoms with Crippen LogP contribution in [0.2, 0.25) is 0 Å². The van der Waals surface area contributed by atoms with Crippen LogP contribution in [0.25, 0.3) is 0 Å². The second-order valence-corrected chi connectivity index (χ2v) is 6.27. The summed E-state index contributed by atoms with van der Waals surface area (Å²) in [6.45, 7) is 1.72. The van der Waals surface area contributed by atoms with E-state index in [9.17, 15) is 9.90 Å². The van der Waals surface area contributed by atoms with Crippen LogP contribution in [0, 0.1) is 0 Å². The molecule has 1 saturated heterocycles. The lowest BCUT2D eigenvalue weighted by Gasteiger charge is -2.24. The van der Waals surface area contributed by atoms with Crippen molar-refractivity contribution in [2.45, 2.75) is 29.5 Å². The van der Waals surface area contributed by atoms with Gasteiger partial charge >= 0.3 is 0 Å². The number of likely N-dealkylation sites (tertiary alicyclic amines) is 1. The van der Waals surface area contributed by atoms with Gasteiger partial charge in [0.05, 0.1) is 16.0 Å². The zero-order valence-corrected chi connectivity index (χ0v) is 11.8. The number of hydrogen-bond acceptors (Lipinski definition) is 4. The second-order valence-electron chi connectivity index (χ2n) is 5.08. The molecule has 1 N–H and O–H groups in total. The van der Waals surface area contributed by atoms with E-state index in [1.165, 1.54) is 0 Å². The maximum Gasteiger partial charge on any atom is 0.222 e. The number of benzene rings is 1. The van der Waals surface area contributed by atoms with Crippen molar-refractivity contribution in [1.82, 2.24) is 4.90 Å². The number of carbonyl (C=O) groups excluding carboxylic acids is 1. The first kappa shape index (κ1) is 12.7. The number of anilines is 1. The molecule has 0 bridgehead atoms. The Hall–Kier alpha value is -1.36. The van der Waals surface area contributed by atoms with E-state index in [4.69, 9.17) is 0 Å². The molecular formula is C14H18N2O2S. The van der Waals surface area contributed by atoms with Crippen molar-refractivity contribution < 1.29 is 9.90 Å². The van der Waals surface area contributed by atoms with Gasteiger partial charge in [0.25, 0.3) is 0 Å². The summed E-state index contributed by atoms with van der Waals surface area (Å²) in [7, 11) is 2.05. The lowest BCUT2D eigenvalue weighted by molar-refractivity contribution is -0.127. The van der Waals surface area contributed by atoms with Crippen molar-refractivity contribution in [3.8, 4) is 5.75 Å². The molecule has 4 nitrogen and oxygen atoms in total. The van der Waals surface area contributed by atoms with Gasteiger partial charge in [-0.2, -0.15) is 0 Å². The molecule has 5 heteroatoms. The number of phenolic OH excluding ortho intramolecular Hbond substituents is 1. The molecule has 19 heavy (non-hydrogen) atoms. The Balaban J connectivity index is 1.65. The monoisotopic (exact) mass is 278 g/mol. The average Bonchev–Trinajstić information content (AvgIpc) is 2.94. The minimum absolute atomic E-state index is 0.283. The van der Waals surface area contributed by atoms with Crippen LogP contribution in [-0.4, -0.2) is 41.4 Å². The predicted molar refractivity (Wildman–Crippen MR) is 76.6 cm³/mol. The van der Waals surface area contributed by atoms with Crippen LogP contribution in [0.1, 0.15) is 19.3 Å². The van der Waals surface area contributed by atoms with Crippen molar-refractivity contribution in [3.63, 3.8) is 0 Å². The van der Waals surface area contributed by atoms with E-state index in [2.05, 4.69) is 11.9 Å². The van der Waals surface area contributed by atoms with Crippen molar-refractivity contribution in [2.24, 2.45) is 0 Å². The fourth-order valence-corrected chi connectivity index (χ4v) is 4.03. The van der Waals surface area contributed by atoms with Gasteiger partial charge in [0.15, 0.2) is 0 Å². The number of phenols is 1. The number of thioether (sulfide) groups is 1. The Labute approximate surface area is 117 Å². The largest absolute Gasteiger partial charge is 0.507 e. The number of amides is 1. The maximum absolute atomic E-state index is 11.6. The maximum atomic E-state index is 11.6. The topological polar surface area (TPSA) is 43.8 Å². The number of nitrogens with zero attached hydrogens (tertiary/aromatic N) is 2. The summed E-state index contributed by atoms with van der Waals surface area (Å²) in [6, 6.07) is 5.63. The molecule has 1 atom stereocenters. The van der Waals surface area contributed by atoms with Crippen molar-refractivity contribution in [3.05, 3.63) is 18.2 Å². The molecule has 0 saturated carbocycles. The van der Waals surface area contributed by atoms with Crippen LogP contribution < -0.4 is 4.90 Å². The third kappa shape index (κ3) is 2.27. The highest BCUT2D eigenvalue weighted by molar-refractivity contribution is 8.00. The van der Waals surface area contributed by atoms with Gasteiger partial charge in [-0.3, -0.25) is 4.79 Å². The summed E-state index contributed by atoms with van der Waals surface area (Å²) >= 11 is 1.69. The van der Waals surface area contributed by atoms with E-state index in [0.717, 1.165) is 36.5 Å². The van der Waals surface area contributed by atoms with Crippen LogP contribution >= 0.6 is 11.8 Å². The third-order valence-corrected chi connectivity index (χ3v) is 5.33. The lowest BCUT2D eigenvalue weighted by Crippen LogP contribution is -2.32. The van der Waals surface area contributed by atoms with Crippen molar-refractivity contribution >= 4 is 23.4 Å². The van der Waals surface area contributed by atoms with Crippen molar-refractivity contribution in [1.29, 1.82) is 0 Å². The Morgan fingerprint density at radius 3 is 3.00 bits per heavy atom. The van der Waals surface area contributed by atoms with E-state index in [1.807, 2.05) is 17.0 Å². The Morgan fingerprint density at radius 2 is 2.32 bits per heavy atom. The normalized spacial score (nSPS) is 22.2. The molecule has 1 aromatic rings. The lowest BCUT2D eigenvalue weighted by atomic mass is 10.2. The number of fused-ring (bicyclic) bond motifs is 1. The van der Waals surface area contributed by atoms with Gasteiger partial charge in [-0.1, -0.05) is 17.8 Å². The number of rotatable bonds is 3. The van der Waals surface area contributed by atoms with Gasteiger partial charge in [-0.25, -0.2) is 0 Å². The average molecular weight is 278 g/mol. The summed E-state index contributed by atoms with van der Waals surface area (Å²) in [5.74, 6) is 0.639. The van der Waals surface area contributed by atoms with E-state index >= 15 is 0 Å². The van der Waals surface area contributed by atoms with Crippen LogP contribution in [-0.2, 0) is 4.79 Å². The quantitative estimate of drug-likeness (QED) is 0.921. The molecule has 0 aromatic heterocycles. The van der Waals surface area contributed by atoms with Crippen LogP contribution in [0.15, 0.2) is 23.1 Å². The molecule has 1 amide bonds. The van der Waals surface area contributed by atoms with Gasteiger partial charge in [0, 0.05) is 26.6 Å². The minimum atomic E-state index is 0.283. The SMILES string of the molecule is CN1c2cccc(O)c2SC1CCN1CCCC1=O. The number of aromatic hydroxyl groups is 1. The number of hydrogen-bond donors (Lipinski definition) is 1. The van der Waals surface area contributed by atoms with E-state index in [0.29, 0.717) is 17.5 Å². The zero-order chi connectivity index (χ0) is 13.4. The molecule has 2 aliphatic rings.